The number of rotatable bonds is 2. The summed E-state index contributed by atoms with van der Waals surface area (Å²) >= 11 is 3.09. The van der Waals surface area contributed by atoms with Gasteiger partial charge in [-0.25, -0.2) is 8.42 Å². The molecule has 0 saturated heterocycles. The lowest BCUT2D eigenvalue weighted by Crippen LogP contribution is -1.99. The fourth-order valence-electron chi connectivity index (χ4n) is 2.97. The summed E-state index contributed by atoms with van der Waals surface area (Å²) in [5.41, 5.74) is 3.80. The van der Waals surface area contributed by atoms with Crippen molar-refractivity contribution in [2.75, 3.05) is 0 Å². The molecular formula is C18H14O2S3. The van der Waals surface area contributed by atoms with Crippen LogP contribution in [0, 0.1) is 13.8 Å². The Morgan fingerprint density at radius 1 is 0.826 bits per heavy atom. The first-order valence-corrected chi connectivity index (χ1v) is 10.4. The minimum atomic E-state index is -3.49. The van der Waals surface area contributed by atoms with Crippen LogP contribution in [0.4, 0.5) is 0 Å². The van der Waals surface area contributed by atoms with Crippen LogP contribution in [0.15, 0.2) is 52.1 Å². The first-order valence-electron chi connectivity index (χ1n) is 7.19. The molecule has 0 unspecified atom stereocenters. The Hall–Kier alpha value is -1.69. The van der Waals surface area contributed by atoms with Crippen molar-refractivity contribution in [2.45, 2.75) is 18.7 Å². The van der Waals surface area contributed by atoms with E-state index >= 15 is 0 Å². The van der Waals surface area contributed by atoms with E-state index in [0.717, 1.165) is 32.0 Å². The molecular weight excluding hydrogens is 344 g/mol. The van der Waals surface area contributed by atoms with Gasteiger partial charge in [-0.2, -0.15) is 0 Å². The van der Waals surface area contributed by atoms with Crippen molar-refractivity contribution in [1.29, 1.82) is 0 Å². The van der Waals surface area contributed by atoms with Gasteiger partial charge in [0.2, 0.25) is 9.84 Å². The Morgan fingerprint density at radius 3 is 2.04 bits per heavy atom. The van der Waals surface area contributed by atoms with E-state index in [0.29, 0.717) is 9.80 Å². The van der Waals surface area contributed by atoms with E-state index in [2.05, 4.69) is 0 Å². The Labute approximate surface area is 143 Å². The van der Waals surface area contributed by atoms with E-state index in [-0.39, 0.29) is 0 Å². The molecule has 3 aromatic rings. The Bertz CT molecular complexity index is 1050. The average molecular weight is 359 g/mol. The van der Waals surface area contributed by atoms with Crippen molar-refractivity contribution < 1.29 is 8.42 Å². The van der Waals surface area contributed by atoms with E-state index in [9.17, 15) is 8.42 Å². The van der Waals surface area contributed by atoms with Gasteiger partial charge in [-0.1, -0.05) is 18.2 Å². The summed E-state index contributed by atoms with van der Waals surface area (Å²) in [5.74, 6) is 0. The van der Waals surface area contributed by atoms with Crippen molar-refractivity contribution in [3.8, 4) is 0 Å². The maximum atomic E-state index is 13.2. The third-order valence-corrected chi connectivity index (χ3v) is 8.18. The van der Waals surface area contributed by atoms with Crippen LogP contribution >= 0.6 is 22.7 Å². The zero-order valence-corrected chi connectivity index (χ0v) is 15.1. The van der Waals surface area contributed by atoms with Crippen LogP contribution in [0.25, 0.3) is 10.5 Å². The number of benzene rings is 1. The van der Waals surface area contributed by atoms with Crippen molar-refractivity contribution >= 4 is 43.0 Å². The molecule has 0 atom stereocenters. The molecule has 4 rings (SSSR count). The third-order valence-electron chi connectivity index (χ3n) is 4.10. The lowest BCUT2D eigenvalue weighted by Gasteiger charge is -2.07. The van der Waals surface area contributed by atoms with E-state index in [4.69, 9.17) is 0 Å². The van der Waals surface area contributed by atoms with E-state index in [1.807, 2.05) is 48.9 Å². The van der Waals surface area contributed by atoms with Gasteiger partial charge in [0.05, 0.1) is 9.80 Å². The summed E-state index contributed by atoms with van der Waals surface area (Å²) in [6, 6.07) is 11.3. The van der Waals surface area contributed by atoms with Gasteiger partial charge in [-0.3, -0.25) is 0 Å². The molecule has 3 heterocycles. The van der Waals surface area contributed by atoms with E-state index in [1.165, 1.54) is 11.3 Å². The van der Waals surface area contributed by atoms with E-state index < -0.39 is 9.84 Å². The van der Waals surface area contributed by atoms with Crippen molar-refractivity contribution in [1.82, 2.24) is 0 Å². The molecule has 2 aromatic heterocycles. The molecule has 0 fully saturated rings. The van der Waals surface area contributed by atoms with Gasteiger partial charge in [0, 0.05) is 20.9 Å². The zero-order chi connectivity index (χ0) is 16.2. The van der Waals surface area contributed by atoms with Crippen LogP contribution in [0.1, 0.15) is 26.4 Å². The summed E-state index contributed by atoms with van der Waals surface area (Å²) in [4.78, 5) is 2.78. The summed E-state index contributed by atoms with van der Waals surface area (Å²) in [5, 5.41) is 3.97. The number of thiophene rings is 2. The normalized spacial score (nSPS) is 15.9. The Morgan fingerprint density at radius 2 is 1.43 bits per heavy atom. The summed E-state index contributed by atoms with van der Waals surface area (Å²) < 4.78 is 26.4. The van der Waals surface area contributed by atoms with E-state index in [1.54, 1.807) is 23.5 Å². The van der Waals surface area contributed by atoms with Crippen LogP contribution in [0.3, 0.4) is 0 Å². The van der Waals surface area contributed by atoms with Gasteiger partial charge in [0.25, 0.3) is 0 Å². The third kappa shape index (κ3) is 2.07. The predicted molar refractivity (Wildman–Crippen MR) is 97.7 cm³/mol. The zero-order valence-electron chi connectivity index (χ0n) is 12.7. The molecule has 23 heavy (non-hydrogen) atoms. The predicted octanol–water partition coefficient (Wildman–Crippen LogP) is 5.13. The highest BCUT2D eigenvalue weighted by atomic mass is 32.2. The van der Waals surface area contributed by atoms with Crippen LogP contribution in [0.5, 0.6) is 0 Å². The molecule has 5 heteroatoms. The lowest BCUT2D eigenvalue weighted by atomic mass is 10.0. The molecule has 1 aliphatic heterocycles. The van der Waals surface area contributed by atoms with Crippen LogP contribution < -0.4 is 0 Å². The van der Waals surface area contributed by atoms with Crippen LogP contribution in [-0.2, 0) is 9.84 Å². The monoisotopic (exact) mass is 358 g/mol. The second kappa shape index (κ2) is 5.16. The summed E-state index contributed by atoms with van der Waals surface area (Å²) in [6.07, 6.45) is 0. The highest BCUT2D eigenvalue weighted by Crippen LogP contribution is 2.50. The Kier molecular flexibility index (Phi) is 3.34. The maximum Gasteiger partial charge on any atom is 0.209 e. The van der Waals surface area contributed by atoms with Gasteiger partial charge in [0.15, 0.2) is 0 Å². The molecule has 2 nitrogen and oxygen atoms in total. The second-order valence-electron chi connectivity index (χ2n) is 5.57. The summed E-state index contributed by atoms with van der Waals surface area (Å²) in [7, 11) is -3.49. The molecule has 0 aliphatic carbocycles. The molecule has 1 aromatic carbocycles. The summed E-state index contributed by atoms with van der Waals surface area (Å²) in [6.45, 7) is 4.00. The minimum Gasteiger partial charge on any atom is -0.218 e. The SMILES string of the molecule is Cc1ccsc1C1=C(c2sccc2C)S(=O)(=O)c2ccccc21. The van der Waals surface area contributed by atoms with Crippen LogP contribution in [-0.4, -0.2) is 8.42 Å². The van der Waals surface area contributed by atoms with Crippen LogP contribution in [0.2, 0.25) is 0 Å². The molecule has 0 bridgehead atoms. The molecule has 0 amide bonds. The second-order valence-corrected chi connectivity index (χ2v) is 9.26. The largest absolute Gasteiger partial charge is 0.218 e. The number of aryl methyl sites for hydroxylation is 2. The molecule has 1 aliphatic rings. The quantitative estimate of drug-likeness (QED) is 0.636. The van der Waals surface area contributed by atoms with Crippen molar-refractivity contribution in [3.05, 3.63) is 73.6 Å². The van der Waals surface area contributed by atoms with Crippen molar-refractivity contribution in [2.24, 2.45) is 0 Å². The number of sulfone groups is 1. The average Bonchev–Trinajstić information content (AvgIpc) is 3.17. The van der Waals surface area contributed by atoms with Gasteiger partial charge < -0.3 is 0 Å². The van der Waals surface area contributed by atoms with Gasteiger partial charge in [-0.05, 0) is 53.9 Å². The minimum absolute atomic E-state index is 0.422. The molecule has 116 valence electrons. The highest BCUT2D eigenvalue weighted by Gasteiger charge is 2.38. The lowest BCUT2D eigenvalue weighted by molar-refractivity contribution is 0.606. The topological polar surface area (TPSA) is 34.1 Å². The standard InChI is InChI=1S/C18H14O2S3/c1-11-7-9-21-16(11)15-13-5-3-4-6-14(13)23(19,20)18(15)17-12(2)8-10-22-17/h3-10H,1-2H3. The fourth-order valence-corrected chi connectivity index (χ4v) is 7.19. The van der Waals surface area contributed by atoms with Crippen molar-refractivity contribution in [3.63, 3.8) is 0 Å². The van der Waals surface area contributed by atoms with Gasteiger partial charge in [0.1, 0.15) is 0 Å². The van der Waals surface area contributed by atoms with Gasteiger partial charge in [-0.15, -0.1) is 22.7 Å². The first kappa shape index (κ1) is 14.9. The number of hydrogen-bond acceptors (Lipinski definition) is 4. The Balaban J connectivity index is 2.17. The number of fused-ring (bicyclic) bond motifs is 1. The molecule has 0 N–H and O–H groups in total. The molecule has 0 saturated carbocycles. The maximum absolute atomic E-state index is 13.2. The molecule has 0 radical (unpaired) electrons. The first-order chi connectivity index (χ1) is 11.0. The smallest absolute Gasteiger partial charge is 0.209 e. The highest BCUT2D eigenvalue weighted by molar-refractivity contribution is 8.01. The number of hydrogen-bond donors (Lipinski definition) is 0. The van der Waals surface area contributed by atoms with Gasteiger partial charge >= 0.3 is 0 Å². The molecule has 0 spiro atoms. The fraction of sp³-hybridized carbons (Fsp3) is 0.111.